The first-order valence-corrected chi connectivity index (χ1v) is 11.3. The normalized spacial score (nSPS) is 15.5. The molecular weight excluding hydrogens is 404 g/mol. The predicted molar refractivity (Wildman–Crippen MR) is 127 cm³/mol. The zero-order valence-electron chi connectivity index (χ0n) is 19.7. The molecule has 0 atom stereocenters. The SMILES string of the molecule is CN=C(NCc1ccccc1Cn1cccn1)NCC1CCN(C(=O)OC(C)(C)C)CC1. The molecule has 1 amide bonds. The number of benzene rings is 1. The summed E-state index contributed by atoms with van der Waals surface area (Å²) in [5.74, 6) is 1.29. The van der Waals surface area contributed by atoms with Gasteiger partial charge < -0.3 is 20.3 Å². The molecule has 1 aromatic carbocycles. The summed E-state index contributed by atoms with van der Waals surface area (Å²) < 4.78 is 7.41. The largest absolute Gasteiger partial charge is 0.444 e. The van der Waals surface area contributed by atoms with Gasteiger partial charge in [-0.2, -0.15) is 5.10 Å². The zero-order chi connectivity index (χ0) is 23.0. The van der Waals surface area contributed by atoms with Gasteiger partial charge in [-0.25, -0.2) is 4.79 Å². The van der Waals surface area contributed by atoms with E-state index >= 15 is 0 Å². The van der Waals surface area contributed by atoms with E-state index in [0.717, 1.165) is 45.0 Å². The van der Waals surface area contributed by atoms with Crippen LogP contribution in [0.5, 0.6) is 0 Å². The second-order valence-electron chi connectivity index (χ2n) is 9.19. The maximum absolute atomic E-state index is 12.2. The lowest BCUT2D eigenvalue weighted by Gasteiger charge is -2.33. The van der Waals surface area contributed by atoms with Gasteiger partial charge in [-0.1, -0.05) is 24.3 Å². The molecule has 8 nitrogen and oxygen atoms in total. The van der Waals surface area contributed by atoms with E-state index in [1.165, 1.54) is 11.1 Å². The van der Waals surface area contributed by atoms with Crippen LogP contribution in [0.4, 0.5) is 4.79 Å². The summed E-state index contributed by atoms with van der Waals surface area (Å²) in [7, 11) is 1.79. The molecule has 0 bridgehead atoms. The van der Waals surface area contributed by atoms with Crippen molar-refractivity contribution >= 4 is 12.1 Å². The van der Waals surface area contributed by atoms with Gasteiger partial charge in [0.2, 0.25) is 0 Å². The van der Waals surface area contributed by atoms with Crippen molar-refractivity contribution in [3.8, 4) is 0 Å². The molecule has 0 saturated carbocycles. The molecular formula is C24H36N6O2. The van der Waals surface area contributed by atoms with Gasteiger partial charge in [0.15, 0.2) is 5.96 Å². The second kappa shape index (κ2) is 11.0. The van der Waals surface area contributed by atoms with Crippen molar-refractivity contribution in [2.75, 3.05) is 26.7 Å². The lowest BCUT2D eigenvalue weighted by atomic mass is 9.97. The number of nitrogens with one attached hydrogen (secondary N) is 2. The van der Waals surface area contributed by atoms with Crippen LogP contribution in [-0.4, -0.2) is 59.0 Å². The molecule has 1 fully saturated rings. The highest BCUT2D eigenvalue weighted by Gasteiger charge is 2.26. The minimum Gasteiger partial charge on any atom is -0.444 e. The molecule has 2 N–H and O–H groups in total. The molecule has 32 heavy (non-hydrogen) atoms. The fraction of sp³-hybridized carbons (Fsp3) is 0.542. The van der Waals surface area contributed by atoms with E-state index in [0.29, 0.717) is 12.5 Å². The van der Waals surface area contributed by atoms with Crippen LogP contribution in [0.3, 0.4) is 0 Å². The Balaban J connectivity index is 1.43. The Bertz CT molecular complexity index is 880. The Kier molecular flexibility index (Phi) is 8.14. The van der Waals surface area contributed by atoms with Crippen LogP contribution in [0.25, 0.3) is 0 Å². The van der Waals surface area contributed by atoms with E-state index in [2.05, 4.69) is 45.0 Å². The monoisotopic (exact) mass is 440 g/mol. The molecule has 2 aromatic rings. The molecule has 8 heteroatoms. The van der Waals surface area contributed by atoms with Gasteiger partial charge in [0.05, 0.1) is 6.54 Å². The van der Waals surface area contributed by atoms with E-state index in [9.17, 15) is 4.79 Å². The number of rotatable bonds is 6. The third-order valence-electron chi connectivity index (χ3n) is 5.50. The van der Waals surface area contributed by atoms with Gasteiger partial charge in [0.1, 0.15) is 5.60 Å². The van der Waals surface area contributed by atoms with Crippen molar-refractivity contribution in [1.82, 2.24) is 25.3 Å². The van der Waals surface area contributed by atoms with Gasteiger partial charge >= 0.3 is 6.09 Å². The first-order chi connectivity index (χ1) is 15.3. The summed E-state index contributed by atoms with van der Waals surface area (Å²) >= 11 is 0. The standard InChI is InChI=1S/C24H36N6O2/c1-24(2,3)32-23(31)29-14-10-19(11-15-29)16-26-22(25-4)27-17-20-8-5-6-9-21(20)18-30-13-7-12-28-30/h5-9,12-13,19H,10-11,14-18H2,1-4H3,(H2,25,26,27). The summed E-state index contributed by atoms with van der Waals surface area (Å²) in [6.45, 7) is 9.42. The van der Waals surface area contributed by atoms with E-state index in [1.807, 2.05) is 42.6 Å². The van der Waals surface area contributed by atoms with Crippen molar-refractivity contribution < 1.29 is 9.53 Å². The minimum atomic E-state index is -0.454. The molecule has 1 saturated heterocycles. The van der Waals surface area contributed by atoms with Crippen molar-refractivity contribution in [3.63, 3.8) is 0 Å². The number of hydrogen-bond acceptors (Lipinski definition) is 4. The third-order valence-corrected chi connectivity index (χ3v) is 5.50. The molecule has 3 rings (SSSR count). The first-order valence-electron chi connectivity index (χ1n) is 11.3. The Morgan fingerprint density at radius 2 is 1.88 bits per heavy atom. The number of carbonyl (C=O) groups is 1. The maximum Gasteiger partial charge on any atom is 0.410 e. The number of nitrogens with zero attached hydrogens (tertiary/aromatic N) is 4. The predicted octanol–water partition coefficient (Wildman–Crippen LogP) is 3.24. The second-order valence-corrected chi connectivity index (χ2v) is 9.19. The van der Waals surface area contributed by atoms with Crippen molar-refractivity contribution in [2.24, 2.45) is 10.9 Å². The fourth-order valence-corrected chi connectivity index (χ4v) is 3.74. The topological polar surface area (TPSA) is 83.8 Å². The van der Waals surface area contributed by atoms with E-state index in [1.54, 1.807) is 13.2 Å². The van der Waals surface area contributed by atoms with Gasteiger partial charge in [-0.3, -0.25) is 9.67 Å². The molecule has 0 unspecified atom stereocenters. The molecule has 0 radical (unpaired) electrons. The van der Waals surface area contributed by atoms with Crippen molar-refractivity contribution in [3.05, 3.63) is 53.9 Å². The summed E-state index contributed by atoms with van der Waals surface area (Å²) in [5, 5.41) is 11.2. The quantitative estimate of drug-likeness (QED) is 0.532. The number of ether oxygens (including phenoxy) is 1. The van der Waals surface area contributed by atoms with Gasteiger partial charge in [-0.05, 0) is 56.7 Å². The number of amides is 1. The molecule has 0 spiro atoms. The number of carbonyl (C=O) groups excluding carboxylic acids is 1. The Labute approximate surface area is 191 Å². The number of likely N-dealkylation sites (tertiary alicyclic amines) is 1. The lowest BCUT2D eigenvalue weighted by molar-refractivity contribution is 0.0185. The number of aromatic nitrogens is 2. The molecule has 0 aliphatic carbocycles. The Morgan fingerprint density at radius 3 is 2.50 bits per heavy atom. The highest BCUT2D eigenvalue weighted by Crippen LogP contribution is 2.19. The Hall–Kier alpha value is -3.03. The highest BCUT2D eigenvalue weighted by atomic mass is 16.6. The van der Waals surface area contributed by atoms with E-state index in [-0.39, 0.29) is 6.09 Å². The smallest absolute Gasteiger partial charge is 0.410 e. The third kappa shape index (κ3) is 7.28. The molecule has 1 aliphatic heterocycles. The molecule has 1 aliphatic rings. The van der Waals surface area contributed by atoms with Crippen LogP contribution in [0, 0.1) is 5.92 Å². The van der Waals surface area contributed by atoms with Gasteiger partial charge in [-0.15, -0.1) is 0 Å². The lowest BCUT2D eigenvalue weighted by Crippen LogP contribution is -2.45. The molecule has 174 valence electrons. The molecule has 1 aromatic heterocycles. The summed E-state index contributed by atoms with van der Waals surface area (Å²) in [6, 6.07) is 10.3. The van der Waals surface area contributed by atoms with Gasteiger partial charge in [0.25, 0.3) is 0 Å². The fourth-order valence-electron chi connectivity index (χ4n) is 3.74. The summed E-state index contributed by atoms with van der Waals surface area (Å²) in [5.41, 5.74) is 2.00. The van der Waals surface area contributed by atoms with Gasteiger partial charge in [0, 0.05) is 45.6 Å². The molecule has 2 heterocycles. The number of hydrogen-bond donors (Lipinski definition) is 2. The van der Waals surface area contributed by atoms with Crippen molar-refractivity contribution in [2.45, 2.75) is 52.3 Å². The Morgan fingerprint density at radius 1 is 1.16 bits per heavy atom. The summed E-state index contributed by atoms with van der Waals surface area (Å²) in [4.78, 5) is 18.4. The van der Waals surface area contributed by atoms with Crippen LogP contribution < -0.4 is 10.6 Å². The van der Waals surface area contributed by atoms with Crippen LogP contribution >= 0.6 is 0 Å². The average Bonchev–Trinajstić information content (AvgIpc) is 3.27. The average molecular weight is 441 g/mol. The minimum absolute atomic E-state index is 0.213. The van der Waals surface area contributed by atoms with Crippen LogP contribution in [-0.2, 0) is 17.8 Å². The highest BCUT2D eigenvalue weighted by molar-refractivity contribution is 5.79. The first kappa shape index (κ1) is 23.6. The summed E-state index contributed by atoms with van der Waals surface area (Å²) in [6.07, 6.45) is 5.46. The van der Waals surface area contributed by atoms with E-state index < -0.39 is 5.60 Å². The zero-order valence-corrected chi connectivity index (χ0v) is 19.7. The number of guanidine groups is 1. The van der Waals surface area contributed by atoms with Crippen LogP contribution in [0.15, 0.2) is 47.7 Å². The van der Waals surface area contributed by atoms with E-state index in [4.69, 9.17) is 4.74 Å². The number of piperidine rings is 1. The van der Waals surface area contributed by atoms with Crippen molar-refractivity contribution in [1.29, 1.82) is 0 Å². The van der Waals surface area contributed by atoms with Crippen LogP contribution in [0.2, 0.25) is 0 Å². The van der Waals surface area contributed by atoms with Crippen LogP contribution in [0.1, 0.15) is 44.7 Å². The number of aliphatic imine (C=N–C) groups is 1. The maximum atomic E-state index is 12.2.